The largest absolute Gasteiger partial charge is 0.462 e. The van der Waals surface area contributed by atoms with Crippen LogP contribution in [0.4, 0.5) is 0 Å². The van der Waals surface area contributed by atoms with Gasteiger partial charge in [-0.2, -0.15) is 0 Å². The number of carbonyl (C=O) groups excluding carboxylic acids is 1. The third-order valence-corrected chi connectivity index (χ3v) is 4.90. The van der Waals surface area contributed by atoms with E-state index in [2.05, 4.69) is 11.9 Å². The number of aryl methyl sites for hydroxylation is 1. The highest BCUT2D eigenvalue weighted by Gasteiger charge is 2.18. The van der Waals surface area contributed by atoms with Gasteiger partial charge < -0.3 is 4.74 Å². The van der Waals surface area contributed by atoms with E-state index >= 15 is 0 Å². The molecule has 0 radical (unpaired) electrons. The first kappa shape index (κ1) is 18.6. The Bertz CT molecular complexity index is 721. The average molecular weight is 350 g/mol. The minimum Gasteiger partial charge on any atom is -0.462 e. The highest BCUT2D eigenvalue weighted by molar-refractivity contribution is 7.17. The van der Waals surface area contributed by atoms with Crippen molar-refractivity contribution in [2.75, 3.05) is 6.61 Å². The molecule has 2 heterocycles. The van der Waals surface area contributed by atoms with E-state index in [1.54, 1.807) is 16.3 Å². The van der Waals surface area contributed by atoms with Crippen LogP contribution in [0.25, 0.3) is 10.2 Å². The lowest BCUT2D eigenvalue weighted by molar-refractivity contribution is 0.0502. The van der Waals surface area contributed by atoms with Crippen molar-refractivity contribution in [3.63, 3.8) is 0 Å². The van der Waals surface area contributed by atoms with Gasteiger partial charge in [0.1, 0.15) is 4.83 Å². The smallest absolute Gasteiger partial charge is 0.339 e. The van der Waals surface area contributed by atoms with Gasteiger partial charge in [-0.05, 0) is 12.8 Å². The normalized spacial score (nSPS) is 11.1. The van der Waals surface area contributed by atoms with Crippen molar-refractivity contribution in [1.82, 2.24) is 9.55 Å². The van der Waals surface area contributed by atoms with E-state index in [1.807, 2.05) is 6.92 Å². The van der Waals surface area contributed by atoms with E-state index in [-0.39, 0.29) is 5.56 Å². The predicted octanol–water partition coefficient (Wildman–Crippen LogP) is 4.39. The zero-order valence-corrected chi connectivity index (χ0v) is 15.4. The molecule has 0 N–H and O–H groups in total. The fourth-order valence-corrected chi connectivity index (χ4v) is 3.42. The topological polar surface area (TPSA) is 61.2 Å². The Morgan fingerprint density at radius 1 is 1.17 bits per heavy atom. The number of hydrogen-bond acceptors (Lipinski definition) is 5. The van der Waals surface area contributed by atoms with Crippen molar-refractivity contribution in [1.29, 1.82) is 0 Å². The number of carbonyl (C=O) groups is 1. The van der Waals surface area contributed by atoms with Gasteiger partial charge in [-0.3, -0.25) is 9.36 Å². The molecule has 0 spiro atoms. The van der Waals surface area contributed by atoms with Crippen molar-refractivity contribution in [2.24, 2.45) is 0 Å². The Hall–Kier alpha value is -1.69. The molecule has 0 atom stereocenters. The fraction of sp³-hybridized carbons (Fsp3) is 0.611. The molecule has 132 valence electrons. The van der Waals surface area contributed by atoms with Crippen molar-refractivity contribution in [3.05, 3.63) is 27.6 Å². The van der Waals surface area contributed by atoms with Crippen molar-refractivity contribution in [2.45, 2.75) is 65.3 Å². The highest BCUT2D eigenvalue weighted by Crippen LogP contribution is 2.21. The van der Waals surface area contributed by atoms with Crippen molar-refractivity contribution < 1.29 is 9.53 Å². The van der Waals surface area contributed by atoms with Gasteiger partial charge in [0.25, 0.3) is 5.56 Å². The van der Waals surface area contributed by atoms with Gasteiger partial charge >= 0.3 is 5.97 Å². The van der Waals surface area contributed by atoms with E-state index in [0.29, 0.717) is 28.9 Å². The summed E-state index contributed by atoms with van der Waals surface area (Å²) >= 11 is 1.31. The SMILES string of the molecule is CCCCCCCn1cnc2scc(C(=O)OCCCC)c2c1=O. The first-order valence-corrected chi connectivity index (χ1v) is 9.70. The third-order valence-electron chi connectivity index (χ3n) is 4.01. The fourth-order valence-electron chi connectivity index (χ4n) is 2.55. The van der Waals surface area contributed by atoms with E-state index in [0.717, 1.165) is 25.7 Å². The maximum atomic E-state index is 12.7. The second-order valence-corrected chi connectivity index (χ2v) is 6.83. The number of ether oxygens (including phenoxy) is 1. The van der Waals surface area contributed by atoms with E-state index in [1.165, 1.54) is 30.6 Å². The number of rotatable bonds is 10. The Labute approximate surface area is 146 Å². The summed E-state index contributed by atoms with van der Waals surface area (Å²) in [5.41, 5.74) is 0.211. The lowest BCUT2D eigenvalue weighted by Gasteiger charge is -2.06. The molecule has 0 aliphatic rings. The molecule has 0 amide bonds. The Kier molecular flexibility index (Phi) is 7.43. The number of unbranched alkanes of at least 4 members (excludes halogenated alkanes) is 5. The molecule has 6 heteroatoms. The molecule has 0 bridgehead atoms. The summed E-state index contributed by atoms with van der Waals surface area (Å²) in [6.07, 6.45) is 9.05. The van der Waals surface area contributed by atoms with Crippen LogP contribution >= 0.6 is 11.3 Å². The highest BCUT2D eigenvalue weighted by atomic mass is 32.1. The third kappa shape index (κ3) is 4.66. The summed E-state index contributed by atoms with van der Waals surface area (Å²) < 4.78 is 6.86. The van der Waals surface area contributed by atoms with Gasteiger partial charge in [-0.1, -0.05) is 46.0 Å². The zero-order valence-electron chi connectivity index (χ0n) is 14.5. The molecule has 0 unspecified atom stereocenters. The first-order chi connectivity index (χ1) is 11.7. The molecule has 2 aromatic rings. The van der Waals surface area contributed by atoms with Crippen LogP contribution in [0.1, 0.15) is 69.2 Å². The second kappa shape index (κ2) is 9.57. The summed E-state index contributed by atoms with van der Waals surface area (Å²) in [4.78, 5) is 29.8. The number of hydrogen-bond donors (Lipinski definition) is 0. The summed E-state index contributed by atoms with van der Waals surface area (Å²) in [6.45, 7) is 5.25. The van der Waals surface area contributed by atoms with Crippen LogP contribution in [0.3, 0.4) is 0 Å². The molecular formula is C18H26N2O3S. The lowest BCUT2D eigenvalue weighted by Crippen LogP contribution is -2.22. The van der Waals surface area contributed by atoms with Gasteiger partial charge in [0, 0.05) is 11.9 Å². The summed E-state index contributed by atoms with van der Waals surface area (Å²) in [5, 5.41) is 2.08. The van der Waals surface area contributed by atoms with Crippen molar-refractivity contribution >= 4 is 27.5 Å². The predicted molar refractivity (Wildman–Crippen MR) is 97.8 cm³/mol. The molecule has 5 nitrogen and oxygen atoms in total. The number of esters is 1. The van der Waals surface area contributed by atoms with Gasteiger partial charge in [0.2, 0.25) is 0 Å². The Morgan fingerprint density at radius 3 is 2.67 bits per heavy atom. The monoisotopic (exact) mass is 350 g/mol. The van der Waals surface area contributed by atoms with Crippen LogP contribution in [0.15, 0.2) is 16.5 Å². The number of fused-ring (bicyclic) bond motifs is 1. The Balaban J connectivity index is 2.12. The van der Waals surface area contributed by atoms with E-state index in [4.69, 9.17) is 4.74 Å². The van der Waals surface area contributed by atoms with Crippen LogP contribution < -0.4 is 5.56 Å². The molecule has 0 aromatic carbocycles. The number of aromatic nitrogens is 2. The van der Waals surface area contributed by atoms with E-state index in [9.17, 15) is 9.59 Å². The average Bonchev–Trinajstić information content (AvgIpc) is 3.01. The van der Waals surface area contributed by atoms with Crippen LogP contribution in [0.5, 0.6) is 0 Å². The molecule has 0 aliphatic heterocycles. The van der Waals surface area contributed by atoms with Gasteiger partial charge in [-0.15, -0.1) is 11.3 Å². The van der Waals surface area contributed by atoms with Gasteiger partial charge in [-0.25, -0.2) is 9.78 Å². The Morgan fingerprint density at radius 2 is 1.92 bits per heavy atom. The molecule has 0 aliphatic carbocycles. The van der Waals surface area contributed by atoms with Crippen LogP contribution in [0, 0.1) is 0 Å². The summed E-state index contributed by atoms with van der Waals surface area (Å²) in [6, 6.07) is 0. The lowest BCUT2D eigenvalue weighted by atomic mass is 10.1. The van der Waals surface area contributed by atoms with Crippen LogP contribution in [-0.4, -0.2) is 22.1 Å². The molecular weight excluding hydrogens is 324 g/mol. The molecule has 2 aromatic heterocycles. The maximum absolute atomic E-state index is 12.7. The molecule has 0 saturated carbocycles. The van der Waals surface area contributed by atoms with Gasteiger partial charge in [0.15, 0.2) is 0 Å². The summed E-state index contributed by atoms with van der Waals surface area (Å²) in [5.74, 6) is -0.422. The maximum Gasteiger partial charge on any atom is 0.339 e. The molecule has 0 saturated heterocycles. The van der Waals surface area contributed by atoms with Crippen LogP contribution in [0.2, 0.25) is 0 Å². The van der Waals surface area contributed by atoms with E-state index < -0.39 is 5.97 Å². The number of thiophene rings is 1. The molecule has 0 fully saturated rings. The zero-order chi connectivity index (χ0) is 17.4. The van der Waals surface area contributed by atoms with Crippen LogP contribution in [-0.2, 0) is 11.3 Å². The first-order valence-electron chi connectivity index (χ1n) is 8.82. The molecule has 2 rings (SSSR count). The quantitative estimate of drug-likeness (QED) is 0.471. The van der Waals surface area contributed by atoms with Crippen molar-refractivity contribution in [3.8, 4) is 0 Å². The molecule has 24 heavy (non-hydrogen) atoms. The van der Waals surface area contributed by atoms with Gasteiger partial charge in [0.05, 0.1) is 23.9 Å². The second-order valence-electron chi connectivity index (χ2n) is 5.98. The number of nitrogens with zero attached hydrogens (tertiary/aromatic N) is 2. The minimum absolute atomic E-state index is 0.140. The standard InChI is InChI=1S/C18H26N2O3S/c1-3-5-7-8-9-10-20-13-19-16-15(17(20)21)14(12-24-16)18(22)23-11-6-4-2/h12-13H,3-11H2,1-2H3. The minimum atomic E-state index is -0.422. The summed E-state index contributed by atoms with van der Waals surface area (Å²) in [7, 11) is 0.